The molecule has 1 amide bonds. The van der Waals surface area contributed by atoms with E-state index in [1.807, 2.05) is 7.05 Å². The summed E-state index contributed by atoms with van der Waals surface area (Å²) in [6.07, 6.45) is 2.62. The van der Waals surface area contributed by atoms with Crippen LogP contribution in [0.25, 0.3) is 0 Å². The lowest BCUT2D eigenvalue weighted by Gasteiger charge is -2.15. The summed E-state index contributed by atoms with van der Waals surface area (Å²) < 4.78 is 0. The third kappa shape index (κ3) is 4.80. The molecule has 2 nitrogen and oxygen atoms in total. The summed E-state index contributed by atoms with van der Waals surface area (Å²) in [6.45, 7) is 0.790. The minimum Gasteiger partial charge on any atom is -0.345 e. The molecule has 0 N–H and O–H groups in total. The molecule has 4 heteroatoms. The van der Waals surface area contributed by atoms with Gasteiger partial charge in [0.15, 0.2) is 0 Å². The molecule has 0 saturated carbocycles. The van der Waals surface area contributed by atoms with E-state index < -0.39 is 0 Å². The lowest BCUT2D eigenvalue weighted by atomic mass is 10.2. The van der Waals surface area contributed by atoms with Crippen LogP contribution in [-0.4, -0.2) is 29.7 Å². The summed E-state index contributed by atoms with van der Waals surface area (Å²) in [6, 6.07) is 4.18. The summed E-state index contributed by atoms with van der Waals surface area (Å²) in [5, 5.41) is 2.92. The van der Waals surface area contributed by atoms with E-state index in [9.17, 15) is 4.79 Å². The Morgan fingerprint density at radius 1 is 1.60 bits per heavy atom. The van der Waals surface area contributed by atoms with Crippen molar-refractivity contribution in [3.63, 3.8) is 0 Å². The van der Waals surface area contributed by atoms with Gasteiger partial charge in [0.05, 0.1) is 0 Å². The van der Waals surface area contributed by atoms with Crippen LogP contribution in [-0.2, 0) is 11.2 Å². The lowest BCUT2D eigenvalue weighted by Crippen LogP contribution is -2.28. The van der Waals surface area contributed by atoms with E-state index >= 15 is 0 Å². The smallest absolute Gasteiger partial charge is 0.222 e. The molecule has 0 aliphatic rings. The van der Waals surface area contributed by atoms with Gasteiger partial charge in [0.1, 0.15) is 0 Å². The van der Waals surface area contributed by atoms with Gasteiger partial charge in [-0.25, -0.2) is 0 Å². The molecule has 84 valence electrons. The first-order valence-corrected chi connectivity index (χ1v) is 7.06. The van der Waals surface area contributed by atoms with Crippen LogP contribution in [0.4, 0.5) is 0 Å². The number of halogens is 1. The van der Waals surface area contributed by atoms with Crippen LogP contribution in [0.5, 0.6) is 0 Å². The Balaban J connectivity index is 2.17. The van der Waals surface area contributed by atoms with E-state index in [-0.39, 0.29) is 5.91 Å². The number of carbonyl (C=O) groups is 1. The highest BCUT2D eigenvalue weighted by molar-refractivity contribution is 9.09. The van der Waals surface area contributed by atoms with Crippen molar-refractivity contribution in [3.8, 4) is 0 Å². The predicted octanol–water partition coefficient (Wildman–Crippen LogP) is 2.92. The number of nitrogens with zero attached hydrogens (tertiary/aromatic N) is 1. The van der Waals surface area contributed by atoms with Gasteiger partial charge >= 0.3 is 0 Å². The molecule has 1 aromatic heterocycles. The standard InChI is InChI=1S/C11H16BrNOS/c1-13(8-7-12)11(14)6-2-4-10-5-3-9-15-10/h3,5,9H,2,4,6-8H2,1H3. The molecular formula is C11H16BrNOS. The van der Waals surface area contributed by atoms with Crippen molar-refractivity contribution in [2.75, 3.05) is 18.9 Å². The average Bonchev–Trinajstić information content (AvgIpc) is 2.71. The fraction of sp³-hybridized carbons (Fsp3) is 0.545. The zero-order valence-corrected chi connectivity index (χ0v) is 11.3. The van der Waals surface area contributed by atoms with E-state index in [1.165, 1.54) is 4.88 Å². The third-order valence-electron chi connectivity index (χ3n) is 2.24. The van der Waals surface area contributed by atoms with E-state index in [0.717, 1.165) is 24.7 Å². The third-order valence-corrected chi connectivity index (χ3v) is 3.53. The van der Waals surface area contributed by atoms with Gasteiger partial charge in [0.25, 0.3) is 0 Å². The van der Waals surface area contributed by atoms with E-state index in [4.69, 9.17) is 0 Å². The molecule has 0 aliphatic carbocycles. The maximum Gasteiger partial charge on any atom is 0.222 e. The van der Waals surface area contributed by atoms with Gasteiger partial charge in [-0.15, -0.1) is 11.3 Å². The number of alkyl halides is 1. The molecule has 0 fully saturated rings. The van der Waals surface area contributed by atoms with E-state index in [2.05, 4.69) is 33.4 Å². The Kier molecular flexibility index (Phi) is 5.95. The number of rotatable bonds is 6. The first-order chi connectivity index (χ1) is 7.24. The first-order valence-electron chi connectivity index (χ1n) is 5.06. The van der Waals surface area contributed by atoms with Crippen molar-refractivity contribution in [2.24, 2.45) is 0 Å². The molecular weight excluding hydrogens is 274 g/mol. The Morgan fingerprint density at radius 2 is 2.40 bits per heavy atom. The van der Waals surface area contributed by atoms with E-state index in [0.29, 0.717) is 6.42 Å². The lowest BCUT2D eigenvalue weighted by molar-refractivity contribution is -0.129. The molecule has 0 saturated heterocycles. The second-order valence-electron chi connectivity index (χ2n) is 3.44. The van der Waals surface area contributed by atoms with Crippen molar-refractivity contribution >= 4 is 33.2 Å². The molecule has 0 bridgehead atoms. The zero-order valence-electron chi connectivity index (χ0n) is 8.91. The highest BCUT2D eigenvalue weighted by atomic mass is 79.9. The SMILES string of the molecule is CN(CCBr)C(=O)CCCc1cccs1. The van der Waals surface area contributed by atoms with Gasteiger partial charge < -0.3 is 4.90 Å². The molecule has 1 rings (SSSR count). The summed E-state index contributed by atoms with van der Waals surface area (Å²) >= 11 is 5.09. The maximum absolute atomic E-state index is 11.6. The highest BCUT2D eigenvalue weighted by Crippen LogP contribution is 2.12. The fourth-order valence-corrected chi connectivity index (χ4v) is 2.59. The molecule has 0 aromatic carbocycles. The van der Waals surface area contributed by atoms with Gasteiger partial charge in [0.2, 0.25) is 5.91 Å². The fourth-order valence-electron chi connectivity index (χ4n) is 1.31. The van der Waals surface area contributed by atoms with E-state index in [1.54, 1.807) is 16.2 Å². The number of carbonyl (C=O) groups excluding carboxylic acids is 1. The Morgan fingerprint density at radius 3 is 3.00 bits per heavy atom. The molecule has 0 aliphatic heterocycles. The highest BCUT2D eigenvalue weighted by Gasteiger charge is 2.07. The van der Waals surface area contributed by atoms with Crippen molar-refractivity contribution in [2.45, 2.75) is 19.3 Å². The minimum atomic E-state index is 0.242. The van der Waals surface area contributed by atoms with Crippen molar-refractivity contribution < 1.29 is 4.79 Å². The molecule has 0 atom stereocenters. The van der Waals surface area contributed by atoms with Crippen LogP contribution < -0.4 is 0 Å². The van der Waals surface area contributed by atoms with Crippen LogP contribution in [0.2, 0.25) is 0 Å². The number of hydrogen-bond acceptors (Lipinski definition) is 2. The number of aryl methyl sites for hydroxylation is 1. The number of thiophene rings is 1. The van der Waals surface area contributed by atoms with Gasteiger partial charge in [-0.1, -0.05) is 22.0 Å². The summed E-state index contributed by atoms with van der Waals surface area (Å²) in [5.41, 5.74) is 0. The van der Waals surface area contributed by atoms with Gasteiger partial charge in [0, 0.05) is 30.2 Å². The Hall–Kier alpha value is -0.350. The normalized spacial score (nSPS) is 10.3. The first kappa shape index (κ1) is 12.7. The van der Waals surface area contributed by atoms with Crippen molar-refractivity contribution in [1.82, 2.24) is 4.90 Å². The molecule has 1 heterocycles. The second kappa shape index (κ2) is 7.01. The monoisotopic (exact) mass is 289 g/mol. The van der Waals surface area contributed by atoms with Crippen LogP contribution in [0.1, 0.15) is 17.7 Å². The Labute approximate surface area is 103 Å². The van der Waals surface area contributed by atoms with Gasteiger partial charge in [-0.2, -0.15) is 0 Å². The summed E-state index contributed by atoms with van der Waals surface area (Å²) in [4.78, 5) is 14.7. The van der Waals surface area contributed by atoms with Crippen molar-refractivity contribution in [3.05, 3.63) is 22.4 Å². The molecule has 15 heavy (non-hydrogen) atoms. The minimum absolute atomic E-state index is 0.242. The quantitative estimate of drug-likeness (QED) is 0.738. The molecule has 0 spiro atoms. The second-order valence-corrected chi connectivity index (χ2v) is 5.26. The number of amides is 1. The summed E-state index contributed by atoms with van der Waals surface area (Å²) in [7, 11) is 1.86. The average molecular weight is 290 g/mol. The predicted molar refractivity (Wildman–Crippen MR) is 68.7 cm³/mol. The van der Waals surface area contributed by atoms with Crippen molar-refractivity contribution in [1.29, 1.82) is 0 Å². The van der Waals surface area contributed by atoms with Crippen LogP contribution in [0.15, 0.2) is 17.5 Å². The molecule has 0 unspecified atom stereocenters. The topological polar surface area (TPSA) is 20.3 Å². The number of hydrogen-bond donors (Lipinski definition) is 0. The maximum atomic E-state index is 11.6. The summed E-state index contributed by atoms with van der Waals surface area (Å²) in [5.74, 6) is 0.242. The largest absolute Gasteiger partial charge is 0.345 e. The Bertz CT molecular complexity index is 287. The van der Waals surface area contributed by atoms with Gasteiger partial charge in [-0.05, 0) is 24.3 Å². The zero-order chi connectivity index (χ0) is 11.1. The van der Waals surface area contributed by atoms with Gasteiger partial charge in [-0.3, -0.25) is 4.79 Å². The molecule has 1 aromatic rings. The van der Waals surface area contributed by atoms with Crippen LogP contribution >= 0.6 is 27.3 Å². The molecule has 0 radical (unpaired) electrons. The van der Waals surface area contributed by atoms with Crippen LogP contribution in [0, 0.1) is 0 Å². The van der Waals surface area contributed by atoms with Crippen LogP contribution in [0.3, 0.4) is 0 Å².